The number of carbonyl (C=O) groups is 1. The molecule has 2 atom stereocenters. The lowest BCUT2D eigenvalue weighted by atomic mass is 9.89. The maximum absolute atomic E-state index is 10.8. The van der Waals surface area contributed by atoms with Crippen molar-refractivity contribution >= 4 is 17.6 Å². The smallest absolute Gasteiger partial charge is 0.307 e. The van der Waals surface area contributed by atoms with Crippen molar-refractivity contribution in [2.45, 2.75) is 33.6 Å². The lowest BCUT2D eigenvalue weighted by molar-refractivity contribution is -0.143. The van der Waals surface area contributed by atoms with Crippen LogP contribution in [0.4, 0.5) is 0 Å². The first-order valence-electron chi connectivity index (χ1n) is 4.54. The fourth-order valence-electron chi connectivity index (χ4n) is 1.15. The highest BCUT2D eigenvalue weighted by Gasteiger charge is 2.21. The second kappa shape index (κ2) is 6.03. The SMILES string of the molecule is CCC(C)C(C/C=C(/C)Cl)C(=O)O. The molecule has 0 rings (SSSR count). The van der Waals surface area contributed by atoms with Crippen molar-refractivity contribution in [1.29, 1.82) is 0 Å². The first kappa shape index (κ1) is 12.5. The quantitative estimate of drug-likeness (QED) is 0.747. The molecule has 0 saturated carbocycles. The highest BCUT2D eigenvalue weighted by Crippen LogP contribution is 2.20. The summed E-state index contributed by atoms with van der Waals surface area (Å²) < 4.78 is 0. The van der Waals surface area contributed by atoms with Crippen molar-refractivity contribution in [1.82, 2.24) is 0 Å². The van der Waals surface area contributed by atoms with Crippen molar-refractivity contribution < 1.29 is 9.90 Å². The van der Waals surface area contributed by atoms with Gasteiger partial charge in [-0.25, -0.2) is 0 Å². The molecule has 0 aromatic rings. The molecule has 0 aliphatic heterocycles. The number of halogens is 1. The molecule has 76 valence electrons. The normalized spacial score (nSPS) is 16.8. The van der Waals surface area contributed by atoms with Gasteiger partial charge in [0.2, 0.25) is 0 Å². The van der Waals surface area contributed by atoms with Crippen LogP contribution in [0, 0.1) is 11.8 Å². The lowest BCUT2D eigenvalue weighted by Gasteiger charge is -2.16. The molecule has 3 heteroatoms. The van der Waals surface area contributed by atoms with Gasteiger partial charge in [0.05, 0.1) is 5.92 Å². The molecule has 2 nitrogen and oxygen atoms in total. The van der Waals surface area contributed by atoms with E-state index < -0.39 is 5.97 Å². The molecule has 0 spiro atoms. The molecular formula is C10H17ClO2. The van der Waals surface area contributed by atoms with Gasteiger partial charge in [-0.1, -0.05) is 37.9 Å². The third-order valence-corrected chi connectivity index (χ3v) is 2.46. The molecule has 0 saturated heterocycles. The standard InChI is InChI=1S/C10H17ClO2/c1-4-7(2)9(10(12)13)6-5-8(3)11/h5,7,9H,4,6H2,1-3H3,(H,12,13)/b8-5-. The van der Waals surface area contributed by atoms with E-state index >= 15 is 0 Å². The van der Waals surface area contributed by atoms with E-state index in [9.17, 15) is 4.79 Å². The monoisotopic (exact) mass is 204 g/mol. The summed E-state index contributed by atoms with van der Waals surface area (Å²) in [4.78, 5) is 10.8. The van der Waals surface area contributed by atoms with Crippen molar-refractivity contribution in [2.24, 2.45) is 11.8 Å². The fraction of sp³-hybridized carbons (Fsp3) is 0.700. The fourth-order valence-corrected chi connectivity index (χ4v) is 1.24. The maximum atomic E-state index is 10.8. The van der Waals surface area contributed by atoms with Crippen molar-refractivity contribution in [3.8, 4) is 0 Å². The summed E-state index contributed by atoms with van der Waals surface area (Å²) in [5.74, 6) is -0.841. The minimum atomic E-state index is -0.733. The van der Waals surface area contributed by atoms with E-state index in [1.807, 2.05) is 13.8 Å². The number of hydrogen-bond donors (Lipinski definition) is 1. The van der Waals surface area contributed by atoms with Crippen LogP contribution >= 0.6 is 11.6 Å². The van der Waals surface area contributed by atoms with Crippen molar-refractivity contribution in [3.63, 3.8) is 0 Å². The molecule has 0 amide bonds. The van der Waals surface area contributed by atoms with E-state index in [0.29, 0.717) is 11.5 Å². The van der Waals surface area contributed by atoms with Gasteiger partial charge in [-0.3, -0.25) is 4.79 Å². The first-order chi connectivity index (χ1) is 5.99. The van der Waals surface area contributed by atoms with Crippen LogP contribution < -0.4 is 0 Å². The molecule has 13 heavy (non-hydrogen) atoms. The number of hydrogen-bond acceptors (Lipinski definition) is 1. The van der Waals surface area contributed by atoms with Crippen molar-refractivity contribution in [3.05, 3.63) is 11.1 Å². The first-order valence-corrected chi connectivity index (χ1v) is 4.91. The molecule has 0 fully saturated rings. The zero-order chi connectivity index (χ0) is 10.4. The molecule has 0 aromatic heterocycles. The zero-order valence-corrected chi connectivity index (χ0v) is 9.14. The second-order valence-electron chi connectivity index (χ2n) is 3.36. The Hall–Kier alpha value is -0.500. The Labute approximate surface area is 84.6 Å². The number of carboxylic acids is 1. The van der Waals surface area contributed by atoms with E-state index in [1.54, 1.807) is 13.0 Å². The molecule has 0 bridgehead atoms. The summed E-state index contributed by atoms with van der Waals surface area (Å²) >= 11 is 5.64. The van der Waals surface area contributed by atoms with Crippen molar-refractivity contribution in [2.75, 3.05) is 0 Å². The third kappa shape index (κ3) is 4.94. The Morgan fingerprint density at radius 3 is 2.46 bits per heavy atom. The van der Waals surface area contributed by atoms with Crippen LogP contribution in [0.5, 0.6) is 0 Å². The maximum Gasteiger partial charge on any atom is 0.307 e. The molecule has 2 unspecified atom stereocenters. The van der Waals surface area contributed by atoms with Gasteiger partial charge in [0.25, 0.3) is 0 Å². The predicted molar refractivity (Wildman–Crippen MR) is 54.8 cm³/mol. The molecule has 0 aliphatic carbocycles. The number of aliphatic carboxylic acids is 1. The summed E-state index contributed by atoms with van der Waals surface area (Å²) in [7, 11) is 0. The van der Waals surface area contributed by atoms with Gasteiger partial charge >= 0.3 is 5.97 Å². The number of allylic oxidation sites excluding steroid dienone is 2. The van der Waals surface area contributed by atoms with Gasteiger partial charge in [0.1, 0.15) is 0 Å². The van der Waals surface area contributed by atoms with Gasteiger partial charge < -0.3 is 5.11 Å². The number of carboxylic acid groups (broad SMARTS) is 1. The average molecular weight is 205 g/mol. The Balaban J connectivity index is 4.27. The summed E-state index contributed by atoms with van der Waals surface area (Å²) in [6, 6.07) is 0. The highest BCUT2D eigenvalue weighted by atomic mass is 35.5. The van der Waals surface area contributed by atoms with E-state index in [1.165, 1.54) is 0 Å². The molecule has 0 heterocycles. The molecular weight excluding hydrogens is 188 g/mol. The van der Waals surface area contributed by atoms with Crippen LogP contribution in [0.15, 0.2) is 11.1 Å². The molecule has 0 aromatic carbocycles. The summed E-state index contributed by atoms with van der Waals surface area (Å²) in [6.45, 7) is 5.71. The highest BCUT2D eigenvalue weighted by molar-refractivity contribution is 6.29. The van der Waals surface area contributed by atoms with Gasteiger partial charge in [-0.05, 0) is 19.3 Å². The van der Waals surface area contributed by atoms with E-state index in [0.717, 1.165) is 6.42 Å². The molecule has 0 aliphatic rings. The van der Waals surface area contributed by atoms with E-state index in [4.69, 9.17) is 16.7 Å². The Morgan fingerprint density at radius 1 is 1.62 bits per heavy atom. The Bertz CT molecular complexity index is 195. The van der Waals surface area contributed by atoms with Crippen LogP contribution in [0.3, 0.4) is 0 Å². The molecule has 0 radical (unpaired) electrons. The summed E-state index contributed by atoms with van der Waals surface area (Å²) in [5, 5.41) is 9.58. The van der Waals surface area contributed by atoms with Gasteiger partial charge in [0.15, 0.2) is 0 Å². The van der Waals surface area contributed by atoms with E-state index in [-0.39, 0.29) is 11.8 Å². The zero-order valence-electron chi connectivity index (χ0n) is 8.38. The van der Waals surface area contributed by atoms with Gasteiger partial charge in [0, 0.05) is 5.03 Å². The topological polar surface area (TPSA) is 37.3 Å². The minimum absolute atomic E-state index is 0.199. The molecule has 1 N–H and O–H groups in total. The third-order valence-electron chi connectivity index (χ3n) is 2.30. The number of rotatable bonds is 5. The minimum Gasteiger partial charge on any atom is -0.481 e. The summed E-state index contributed by atoms with van der Waals surface area (Å²) in [6.07, 6.45) is 3.18. The van der Waals surface area contributed by atoms with Crippen LogP contribution in [0.25, 0.3) is 0 Å². The second-order valence-corrected chi connectivity index (χ2v) is 3.95. The van der Waals surface area contributed by atoms with E-state index in [2.05, 4.69) is 0 Å². The summed E-state index contributed by atoms with van der Waals surface area (Å²) in [5.41, 5.74) is 0. The Morgan fingerprint density at radius 2 is 2.15 bits per heavy atom. The largest absolute Gasteiger partial charge is 0.481 e. The predicted octanol–water partition coefficient (Wildman–Crippen LogP) is 3.27. The van der Waals surface area contributed by atoms with Gasteiger partial charge in [-0.2, -0.15) is 0 Å². The average Bonchev–Trinajstić information content (AvgIpc) is 2.03. The van der Waals surface area contributed by atoms with Crippen LogP contribution in [-0.2, 0) is 4.79 Å². The van der Waals surface area contributed by atoms with Gasteiger partial charge in [-0.15, -0.1) is 0 Å². The van der Waals surface area contributed by atoms with Crippen LogP contribution in [0.2, 0.25) is 0 Å². The van der Waals surface area contributed by atoms with Crippen LogP contribution in [0.1, 0.15) is 33.6 Å². The van der Waals surface area contributed by atoms with Crippen LogP contribution in [-0.4, -0.2) is 11.1 Å². The lowest BCUT2D eigenvalue weighted by Crippen LogP contribution is -2.20. The Kier molecular flexibility index (Phi) is 5.80.